The van der Waals surface area contributed by atoms with E-state index in [0.29, 0.717) is 24.2 Å². The average Bonchev–Trinajstić information content (AvgIpc) is 3.05. The average molecular weight is 381 g/mol. The molecule has 0 aliphatic carbocycles. The molecule has 2 aromatic carbocycles. The lowest BCUT2D eigenvalue weighted by atomic mass is 9.92. The second kappa shape index (κ2) is 6.93. The molecule has 1 aliphatic rings. The third kappa shape index (κ3) is 3.72. The zero-order valence-electron chi connectivity index (χ0n) is 16.4. The molecular weight excluding hydrogens is 357 g/mol. The van der Waals surface area contributed by atoms with Crippen LogP contribution < -0.4 is 10.2 Å². The number of anilines is 2. The smallest absolute Gasteiger partial charge is 0.225 e. The van der Waals surface area contributed by atoms with Crippen LogP contribution in [-0.4, -0.2) is 17.6 Å². The summed E-state index contributed by atoms with van der Waals surface area (Å²) in [6.07, 6.45) is 1.17. The Labute approximate surface area is 163 Å². The van der Waals surface area contributed by atoms with Crippen molar-refractivity contribution in [3.05, 3.63) is 53.3 Å². The van der Waals surface area contributed by atoms with E-state index in [-0.39, 0.29) is 17.1 Å². The molecule has 0 saturated carbocycles. The Kier molecular flexibility index (Phi) is 4.57. The quantitative estimate of drug-likeness (QED) is 0.701. The summed E-state index contributed by atoms with van der Waals surface area (Å²) in [6, 6.07) is 10.6. The fraction of sp³-hybridized carbons (Fsp3) is 0.364. The van der Waals surface area contributed by atoms with Gasteiger partial charge in [0.15, 0.2) is 11.4 Å². The van der Waals surface area contributed by atoms with E-state index < -0.39 is 0 Å². The van der Waals surface area contributed by atoms with Gasteiger partial charge < -0.3 is 14.7 Å². The molecule has 0 radical (unpaired) electrons. The fourth-order valence-corrected chi connectivity index (χ4v) is 3.65. The minimum absolute atomic E-state index is 0.0492. The van der Waals surface area contributed by atoms with Crippen LogP contribution in [0.1, 0.15) is 38.3 Å². The van der Waals surface area contributed by atoms with Crippen LogP contribution in [0.4, 0.5) is 15.9 Å². The first kappa shape index (κ1) is 18.5. The molecular formula is C22H24FN3O2. The minimum atomic E-state index is -0.199. The van der Waals surface area contributed by atoms with Crippen LogP contribution in [0.2, 0.25) is 0 Å². The van der Waals surface area contributed by atoms with Gasteiger partial charge in [0, 0.05) is 19.5 Å². The lowest BCUT2D eigenvalue weighted by molar-refractivity contribution is -0.117. The fourth-order valence-electron chi connectivity index (χ4n) is 3.65. The number of nitrogens with one attached hydrogen (secondary N) is 1. The number of amides is 1. The van der Waals surface area contributed by atoms with Crippen molar-refractivity contribution < 1.29 is 13.7 Å². The van der Waals surface area contributed by atoms with Crippen molar-refractivity contribution in [2.24, 2.45) is 5.41 Å². The molecule has 28 heavy (non-hydrogen) atoms. The van der Waals surface area contributed by atoms with Gasteiger partial charge in [-0.1, -0.05) is 38.1 Å². The van der Waals surface area contributed by atoms with Gasteiger partial charge in [-0.05, 0) is 47.2 Å². The number of aromatic nitrogens is 1. The summed E-state index contributed by atoms with van der Waals surface area (Å²) in [7, 11) is 0. The topological polar surface area (TPSA) is 58.4 Å². The molecule has 0 fully saturated rings. The molecule has 3 aromatic rings. The first-order chi connectivity index (χ1) is 13.3. The molecule has 2 heterocycles. The standard InChI is InChI=1S/C22H24FN3O2/c1-22(2,3)12-19(27)24-18-6-4-5-17-20(18)28-25-21(17)26-10-9-14-11-16(23)8-7-15(14)13-26/h4-8,11H,9-10,12-13H2,1-3H3,(H,24,27). The van der Waals surface area contributed by atoms with Gasteiger partial charge in [-0.15, -0.1) is 0 Å². The highest BCUT2D eigenvalue weighted by Gasteiger charge is 2.23. The van der Waals surface area contributed by atoms with Gasteiger partial charge in [0.25, 0.3) is 0 Å². The summed E-state index contributed by atoms with van der Waals surface area (Å²) >= 11 is 0. The van der Waals surface area contributed by atoms with Gasteiger partial charge in [0.2, 0.25) is 5.91 Å². The van der Waals surface area contributed by atoms with Gasteiger partial charge in [0.1, 0.15) is 5.82 Å². The summed E-state index contributed by atoms with van der Waals surface area (Å²) in [4.78, 5) is 14.5. The van der Waals surface area contributed by atoms with E-state index in [1.165, 1.54) is 6.07 Å². The van der Waals surface area contributed by atoms with Crippen LogP contribution in [-0.2, 0) is 17.8 Å². The Morgan fingerprint density at radius 2 is 2.07 bits per heavy atom. The Bertz CT molecular complexity index is 1040. The number of carbonyl (C=O) groups is 1. The van der Waals surface area contributed by atoms with E-state index in [1.54, 1.807) is 6.07 Å². The molecule has 1 aliphatic heterocycles. The van der Waals surface area contributed by atoms with Crippen molar-refractivity contribution in [3.63, 3.8) is 0 Å². The number of para-hydroxylation sites is 1. The molecule has 4 rings (SSSR count). The summed E-state index contributed by atoms with van der Waals surface area (Å²) < 4.78 is 19.1. The van der Waals surface area contributed by atoms with Crippen molar-refractivity contribution in [3.8, 4) is 0 Å². The molecule has 146 valence electrons. The largest absolute Gasteiger partial charge is 0.352 e. The van der Waals surface area contributed by atoms with E-state index in [2.05, 4.69) is 15.4 Å². The maximum atomic E-state index is 13.4. The molecule has 5 nitrogen and oxygen atoms in total. The van der Waals surface area contributed by atoms with Crippen LogP contribution in [0, 0.1) is 11.2 Å². The van der Waals surface area contributed by atoms with Crippen molar-refractivity contribution in [2.45, 2.75) is 40.2 Å². The number of fused-ring (bicyclic) bond motifs is 2. The van der Waals surface area contributed by atoms with Crippen molar-refractivity contribution in [2.75, 3.05) is 16.8 Å². The molecule has 0 unspecified atom stereocenters. The van der Waals surface area contributed by atoms with E-state index in [9.17, 15) is 9.18 Å². The molecule has 0 spiro atoms. The van der Waals surface area contributed by atoms with E-state index in [0.717, 1.165) is 35.3 Å². The highest BCUT2D eigenvalue weighted by molar-refractivity contribution is 6.02. The summed E-state index contributed by atoms with van der Waals surface area (Å²) in [6.45, 7) is 7.47. The van der Waals surface area contributed by atoms with Crippen molar-refractivity contribution in [1.29, 1.82) is 0 Å². The van der Waals surface area contributed by atoms with Crippen LogP contribution >= 0.6 is 0 Å². The molecule has 0 atom stereocenters. The number of nitrogens with zero attached hydrogens (tertiary/aromatic N) is 2. The first-order valence-corrected chi connectivity index (χ1v) is 9.51. The van der Waals surface area contributed by atoms with E-state index in [4.69, 9.17) is 4.52 Å². The van der Waals surface area contributed by atoms with Gasteiger partial charge in [-0.3, -0.25) is 4.79 Å². The zero-order valence-corrected chi connectivity index (χ0v) is 16.4. The highest BCUT2D eigenvalue weighted by atomic mass is 19.1. The van der Waals surface area contributed by atoms with E-state index in [1.807, 2.05) is 45.0 Å². The first-order valence-electron chi connectivity index (χ1n) is 9.51. The molecule has 6 heteroatoms. The Hall–Kier alpha value is -2.89. The minimum Gasteiger partial charge on any atom is -0.352 e. The number of carbonyl (C=O) groups excluding carboxylic acids is 1. The van der Waals surface area contributed by atoms with Crippen molar-refractivity contribution in [1.82, 2.24) is 5.16 Å². The number of benzene rings is 2. The third-order valence-corrected chi connectivity index (χ3v) is 4.92. The summed E-state index contributed by atoms with van der Waals surface area (Å²) in [5, 5.41) is 8.08. The van der Waals surface area contributed by atoms with Gasteiger partial charge in [-0.25, -0.2) is 4.39 Å². The Morgan fingerprint density at radius 1 is 1.25 bits per heavy atom. The van der Waals surface area contributed by atoms with Crippen molar-refractivity contribution >= 4 is 28.4 Å². The SMILES string of the molecule is CC(C)(C)CC(=O)Nc1cccc2c(N3CCc4cc(F)ccc4C3)noc12. The zero-order chi connectivity index (χ0) is 19.9. The predicted octanol–water partition coefficient (Wildman–Crippen LogP) is 4.90. The molecule has 1 amide bonds. The van der Waals surface area contributed by atoms with Gasteiger partial charge >= 0.3 is 0 Å². The highest BCUT2D eigenvalue weighted by Crippen LogP contribution is 2.34. The molecule has 0 bridgehead atoms. The van der Waals surface area contributed by atoms with Gasteiger partial charge in [0.05, 0.1) is 11.1 Å². The lowest BCUT2D eigenvalue weighted by Gasteiger charge is -2.28. The van der Waals surface area contributed by atoms with Crippen LogP contribution in [0.3, 0.4) is 0 Å². The normalized spacial score (nSPS) is 14.2. The summed E-state index contributed by atoms with van der Waals surface area (Å²) in [5.41, 5.74) is 3.25. The third-order valence-electron chi connectivity index (χ3n) is 4.92. The van der Waals surface area contributed by atoms with Crippen LogP contribution in [0.25, 0.3) is 11.0 Å². The summed E-state index contributed by atoms with van der Waals surface area (Å²) in [5.74, 6) is 0.499. The number of hydrogen-bond donors (Lipinski definition) is 1. The maximum absolute atomic E-state index is 13.4. The van der Waals surface area contributed by atoms with E-state index >= 15 is 0 Å². The second-order valence-corrected chi connectivity index (χ2v) is 8.56. The number of hydrogen-bond acceptors (Lipinski definition) is 4. The molecule has 1 N–H and O–H groups in total. The molecule has 1 aromatic heterocycles. The van der Waals surface area contributed by atoms with Crippen LogP contribution in [0.5, 0.6) is 0 Å². The number of halogens is 1. The molecule has 0 saturated heterocycles. The van der Waals surface area contributed by atoms with Crippen LogP contribution in [0.15, 0.2) is 40.9 Å². The van der Waals surface area contributed by atoms with Gasteiger partial charge in [-0.2, -0.15) is 0 Å². The number of rotatable bonds is 3. The lowest BCUT2D eigenvalue weighted by Crippen LogP contribution is -2.30. The monoisotopic (exact) mass is 381 g/mol. The maximum Gasteiger partial charge on any atom is 0.225 e. The Balaban J connectivity index is 1.60. The second-order valence-electron chi connectivity index (χ2n) is 8.56. The Morgan fingerprint density at radius 3 is 2.86 bits per heavy atom. The predicted molar refractivity (Wildman–Crippen MR) is 108 cm³/mol.